The summed E-state index contributed by atoms with van der Waals surface area (Å²) in [6.07, 6.45) is 1.96. The molecule has 0 radical (unpaired) electrons. The van der Waals surface area contributed by atoms with Gasteiger partial charge < -0.3 is 10.6 Å². The Balaban J connectivity index is 1.39. The van der Waals surface area contributed by atoms with Crippen molar-refractivity contribution in [3.63, 3.8) is 0 Å². The van der Waals surface area contributed by atoms with Crippen LogP contribution in [0.1, 0.15) is 22.3 Å². The lowest BCUT2D eigenvalue weighted by Gasteiger charge is -2.27. The first-order valence-electron chi connectivity index (χ1n) is 10.2. The van der Waals surface area contributed by atoms with E-state index in [0.717, 1.165) is 25.9 Å². The fourth-order valence-corrected chi connectivity index (χ4v) is 5.07. The van der Waals surface area contributed by atoms with E-state index in [4.69, 9.17) is 17.3 Å². The number of amides is 2. The van der Waals surface area contributed by atoms with Gasteiger partial charge in [0.25, 0.3) is 5.91 Å². The number of carbonyl (C=O) groups is 2. The van der Waals surface area contributed by atoms with Crippen LogP contribution in [0.4, 0.5) is 0 Å². The molecule has 29 heavy (non-hydrogen) atoms. The molecule has 2 aliphatic rings. The summed E-state index contributed by atoms with van der Waals surface area (Å²) in [5.41, 5.74) is 7.60. The molecule has 2 aliphatic heterocycles. The van der Waals surface area contributed by atoms with Gasteiger partial charge in [-0.25, -0.2) is 0 Å². The van der Waals surface area contributed by atoms with Crippen LogP contribution in [0.25, 0.3) is 0 Å². The second-order valence-corrected chi connectivity index (χ2v) is 8.45. The van der Waals surface area contributed by atoms with Crippen molar-refractivity contribution in [2.24, 2.45) is 17.6 Å². The number of hydrogen-bond donors (Lipinski definition) is 1. The van der Waals surface area contributed by atoms with Crippen LogP contribution < -0.4 is 5.73 Å². The first-order valence-corrected chi connectivity index (χ1v) is 10.5. The Bertz CT molecular complexity index is 889. The smallest absolute Gasteiger partial charge is 0.255 e. The molecule has 3 atom stereocenters. The van der Waals surface area contributed by atoms with Crippen LogP contribution in [0.3, 0.4) is 0 Å². The molecule has 2 amide bonds. The summed E-state index contributed by atoms with van der Waals surface area (Å²) in [6, 6.07) is 17.2. The number of fused-ring (bicyclic) bond motifs is 1. The van der Waals surface area contributed by atoms with E-state index in [9.17, 15) is 9.59 Å². The highest BCUT2D eigenvalue weighted by Crippen LogP contribution is 2.37. The van der Waals surface area contributed by atoms with E-state index in [2.05, 4.69) is 17.0 Å². The van der Waals surface area contributed by atoms with Crippen LogP contribution in [-0.2, 0) is 11.2 Å². The summed E-state index contributed by atoms with van der Waals surface area (Å²) in [4.78, 5) is 29.2. The Labute approximate surface area is 176 Å². The number of benzene rings is 2. The molecule has 0 spiro atoms. The van der Waals surface area contributed by atoms with Gasteiger partial charge in [-0.2, -0.15) is 0 Å². The number of primary amides is 1. The van der Waals surface area contributed by atoms with Crippen LogP contribution in [0, 0.1) is 11.8 Å². The summed E-state index contributed by atoms with van der Waals surface area (Å²) in [5.74, 6) is 0.0134. The van der Waals surface area contributed by atoms with Crippen LogP contribution in [0.5, 0.6) is 0 Å². The average molecular weight is 412 g/mol. The van der Waals surface area contributed by atoms with Gasteiger partial charge in [0.1, 0.15) is 0 Å². The molecule has 2 saturated heterocycles. The van der Waals surface area contributed by atoms with Crippen molar-refractivity contribution in [2.75, 3.05) is 26.2 Å². The van der Waals surface area contributed by atoms with Gasteiger partial charge in [0.2, 0.25) is 5.91 Å². The van der Waals surface area contributed by atoms with Crippen LogP contribution in [0.15, 0.2) is 54.6 Å². The fourth-order valence-electron chi connectivity index (χ4n) is 4.86. The molecule has 0 aliphatic carbocycles. The number of aryl methyl sites for hydroxylation is 1. The van der Waals surface area contributed by atoms with Crippen molar-refractivity contribution < 1.29 is 9.59 Å². The Morgan fingerprint density at radius 3 is 2.45 bits per heavy atom. The number of rotatable bonds is 6. The summed E-state index contributed by atoms with van der Waals surface area (Å²) in [6.45, 7) is 2.85. The van der Waals surface area contributed by atoms with E-state index in [1.165, 1.54) is 5.56 Å². The highest BCUT2D eigenvalue weighted by Gasteiger charge is 2.50. The molecule has 5 nitrogen and oxygen atoms in total. The van der Waals surface area contributed by atoms with Gasteiger partial charge in [-0.1, -0.05) is 54.1 Å². The van der Waals surface area contributed by atoms with Crippen molar-refractivity contribution in [1.82, 2.24) is 9.80 Å². The highest BCUT2D eigenvalue weighted by atomic mass is 35.5. The van der Waals surface area contributed by atoms with E-state index < -0.39 is 0 Å². The van der Waals surface area contributed by atoms with Crippen molar-refractivity contribution in [2.45, 2.75) is 18.9 Å². The van der Waals surface area contributed by atoms with Crippen molar-refractivity contribution in [3.05, 3.63) is 70.7 Å². The molecule has 4 rings (SSSR count). The molecule has 2 N–H and O–H groups in total. The van der Waals surface area contributed by atoms with E-state index >= 15 is 0 Å². The summed E-state index contributed by atoms with van der Waals surface area (Å²) < 4.78 is 0. The van der Waals surface area contributed by atoms with Crippen LogP contribution >= 0.6 is 11.6 Å². The maximum Gasteiger partial charge on any atom is 0.255 e. The second kappa shape index (κ2) is 8.56. The number of likely N-dealkylation sites (tertiary alicyclic amines) is 2. The normalized spacial score (nSPS) is 23.9. The first kappa shape index (κ1) is 19.9. The Morgan fingerprint density at radius 2 is 1.72 bits per heavy atom. The summed E-state index contributed by atoms with van der Waals surface area (Å²) >= 11 is 6.20. The maximum absolute atomic E-state index is 12.9. The molecule has 2 fully saturated rings. The van der Waals surface area contributed by atoms with Crippen LogP contribution in [-0.4, -0.2) is 53.8 Å². The Morgan fingerprint density at radius 1 is 1.00 bits per heavy atom. The van der Waals surface area contributed by atoms with Crippen molar-refractivity contribution >= 4 is 23.4 Å². The van der Waals surface area contributed by atoms with Crippen molar-refractivity contribution in [1.29, 1.82) is 0 Å². The molecular formula is C23H26ClN3O2. The van der Waals surface area contributed by atoms with E-state index in [-0.39, 0.29) is 29.7 Å². The predicted molar refractivity (Wildman–Crippen MR) is 114 cm³/mol. The van der Waals surface area contributed by atoms with E-state index in [1.54, 1.807) is 12.1 Å². The van der Waals surface area contributed by atoms with Gasteiger partial charge in [-0.05, 0) is 43.0 Å². The summed E-state index contributed by atoms with van der Waals surface area (Å²) in [5, 5.41) is 0.462. The predicted octanol–water partition coefficient (Wildman–Crippen LogP) is 2.83. The maximum atomic E-state index is 12.9. The number of halogens is 1. The third-order valence-electron chi connectivity index (χ3n) is 6.20. The molecule has 0 bridgehead atoms. The van der Waals surface area contributed by atoms with Gasteiger partial charge in [0.15, 0.2) is 0 Å². The minimum Gasteiger partial charge on any atom is -0.368 e. The quantitative estimate of drug-likeness (QED) is 0.794. The number of carbonyl (C=O) groups excluding carboxylic acids is 2. The molecule has 0 saturated carbocycles. The molecule has 0 aromatic heterocycles. The van der Waals surface area contributed by atoms with E-state index in [0.29, 0.717) is 23.7 Å². The zero-order valence-electron chi connectivity index (χ0n) is 16.3. The van der Waals surface area contributed by atoms with Crippen LogP contribution in [0.2, 0.25) is 5.02 Å². The molecule has 2 aromatic carbocycles. The SMILES string of the molecule is NC(=O)C1[C@@H]2CN(C(=O)c3ccccc3Cl)CC2CN1CCCc1ccccc1. The molecule has 2 heterocycles. The number of nitrogens with zero attached hydrogens (tertiary/aromatic N) is 2. The fraction of sp³-hybridized carbons (Fsp3) is 0.391. The lowest BCUT2D eigenvalue weighted by atomic mass is 9.94. The second-order valence-electron chi connectivity index (χ2n) is 8.05. The average Bonchev–Trinajstić information content (AvgIpc) is 3.26. The molecule has 6 heteroatoms. The van der Waals surface area contributed by atoms with E-state index in [1.807, 2.05) is 35.2 Å². The Hall–Kier alpha value is -2.37. The third kappa shape index (κ3) is 4.16. The molecule has 2 unspecified atom stereocenters. The van der Waals surface area contributed by atoms with Gasteiger partial charge in [0, 0.05) is 25.6 Å². The highest BCUT2D eigenvalue weighted by molar-refractivity contribution is 6.33. The van der Waals surface area contributed by atoms with Gasteiger partial charge >= 0.3 is 0 Å². The molecular weight excluding hydrogens is 386 g/mol. The minimum absolute atomic E-state index is 0.0659. The zero-order valence-corrected chi connectivity index (χ0v) is 17.1. The topological polar surface area (TPSA) is 66.6 Å². The van der Waals surface area contributed by atoms with Gasteiger partial charge in [0.05, 0.1) is 16.6 Å². The molecule has 152 valence electrons. The molecule has 2 aromatic rings. The largest absolute Gasteiger partial charge is 0.368 e. The van der Waals surface area contributed by atoms with Gasteiger partial charge in [-0.3, -0.25) is 14.5 Å². The third-order valence-corrected chi connectivity index (χ3v) is 6.53. The Kier molecular flexibility index (Phi) is 5.88. The number of nitrogens with two attached hydrogens (primary N) is 1. The first-order chi connectivity index (χ1) is 14.0. The van der Waals surface area contributed by atoms with Crippen molar-refractivity contribution in [3.8, 4) is 0 Å². The minimum atomic E-state index is -0.306. The monoisotopic (exact) mass is 411 g/mol. The lowest BCUT2D eigenvalue weighted by molar-refractivity contribution is -0.123. The lowest BCUT2D eigenvalue weighted by Crippen LogP contribution is -2.46. The zero-order chi connectivity index (χ0) is 20.4. The standard InChI is InChI=1S/C23H26ClN3O2/c24-20-11-5-4-10-18(20)23(29)27-14-17-13-26(21(22(25)28)19(17)15-27)12-6-9-16-7-2-1-3-8-16/h1-5,7-8,10-11,17,19,21H,6,9,12-15H2,(H2,25,28)/t17?,19-,21?/m1/s1. The van der Waals surface area contributed by atoms with Gasteiger partial charge in [-0.15, -0.1) is 0 Å². The number of hydrogen-bond acceptors (Lipinski definition) is 3. The summed E-state index contributed by atoms with van der Waals surface area (Å²) in [7, 11) is 0.